The fraction of sp³-hybridized carbons (Fsp3) is 0.562. The molecule has 2 N–H and O–H groups in total. The molecule has 0 bridgehead atoms. The second kappa shape index (κ2) is 7.32. The van der Waals surface area contributed by atoms with Crippen LogP contribution in [-0.2, 0) is 6.42 Å². The summed E-state index contributed by atoms with van der Waals surface area (Å²) in [7, 11) is 0. The average Bonchev–Trinajstić information content (AvgIpc) is 2.37. The van der Waals surface area contributed by atoms with Gasteiger partial charge in [-0.1, -0.05) is 24.5 Å². The van der Waals surface area contributed by atoms with Crippen LogP contribution in [0.4, 0.5) is 0 Å². The standard InChI is InChI=1S/C16H24N2/c17-16(9-8-14-10-12-18-13-11-14)15-6-4-2-1-3-5-7-15/h6,10-13,16H,1-5,7-9,17H2/b15-6+. The van der Waals surface area contributed by atoms with Gasteiger partial charge in [0, 0.05) is 18.4 Å². The Kier molecular flexibility index (Phi) is 5.40. The van der Waals surface area contributed by atoms with Crippen LogP contribution in [0.5, 0.6) is 0 Å². The fourth-order valence-electron chi connectivity index (χ4n) is 2.61. The first-order valence-electron chi connectivity index (χ1n) is 7.19. The third kappa shape index (κ3) is 4.26. The molecule has 2 nitrogen and oxygen atoms in total. The molecule has 1 aliphatic carbocycles. The maximum absolute atomic E-state index is 6.33. The molecule has 2 rings (SSSR count). The summed E-state index contributed by atoms with van der Waals surface area (Å²) in [5.74, 6) is 0. The molecule has 0 aliphatic heterocycles. The molecular weight excluding hydrogens is 220 g/mol. The van der Waals surface area contributed by atoms with Crippen molar-refractivity contribution in [2.24, 2.45) is 5.73 Å². The number of nitrogens with two attached hydrogens (primary N) is 1. The number of rotatable bonds is 4. The number of hydrogen-bond acceptors (Lipinski definition) is 2. The number of aromatic nitrogens is 1. The zero-order chi connectivity index (χ0) is 12.6. The van der Waals surface area contributed by atoms with E-state index in [0.717, 1.165) is 12.8 Å². The van der Waals surface area contributed by atoms with E-state index in [4.69, 9.17) is 5.73 Å². The van der Waals surface area contributed by atoms with Crippen molar-refractivity contribution in [1.82, 2.24) is 4.98 Å². The lowest BCUT2D eigenvalue weighted by Crippen LogP contribution is -2.24. The highest BCUT2D eigenvalue weighted by Crippen LogP contribution is 2.20. The minimum absolute atomic E-state index is 0.247. The van der Waals surface area contributed by atoms with Gasteiger partial charge in [-0.2, -0.15) is 0 Å². The fourth-order valence-corrected chi connectivity index (χ4v) is 2.61. The second-order valence-corrected chi connectivity index (χ2v) is 5.23. The van der Waals surface area contributed by atoms with Gasteiger partial charge in [-0.05, 0) is 56.2 Å². The van der Waals surface area contributed by atoms with Crippen LogP contribution in [-0.4, -0.2) is 11.0 Å². The molecule has 1 heterocycles. The molecule has 2 heteroatoms. The molecule has 0 aromatic carbocycles. The highest BCUT2D eigenvalue weighted by molar-refractivity contribution is 5.14. The Morgan fingerprint density at radius 1 is 1.11 bits per heavy atom. The lowest BCUT2D eigenvalue weighted by atomic mass is 9.92. The van der Waals surface area contributed by atoms with Crippen molar-refractivity contribution in [2.75, 3.05) is 0 Å². The van der Waals surface area contributed by atoms with Crippen molar-refractivity contribution in [1.29, 1.82) is 0 Å². The number of pyridine rings is 1. The first-order chi connectivity index (χ1) is 8.86. The van der Waals surface area contributed by atoms with Gasteiger partial charge in [0.05, 0.1) is 0 Å². The summed E-state index contributed by atoms with van der Waals surface area (Å²) in [6, 6.07) is 4.41. The predicted octanol–water partition coefficient (Wildman–Crippen LogP) is 3.62. The van der Waals surface area contributed by atoms with Crippen molar-refractivity contribution in [2.45, 2.75) is 57.4 Å². The quantitative estimate of drug-likeness (QED) is 0.822. The van der Waals surface area contributed by atoms with Gasteiger partial charge in [0.25, 0.3) is 0 Å². The SMILES string of the molecule is NC(CCc1ccncc1)/C1=C/CCCCCC1. The van der Waals surface area contributed by atoms with E-state index in [-0.39, 0.29) is 6.04 Å². The van der Waals surface area contributed by atoms with Crippen LogP contribution in [0.15, 0.2) is 36.2 Å². The summed E-state index contributed by atoms with van der Waals surface area (Å²) in [6.45, 7) is 0. The number of aryl methyl sites for hydroxylation is 1. The minimum Gasteiger partial charge on any atom is -0.324 e. The highest BCUT2D eigenvalue weighted by atomic mass is 14.6. The van der Waals surface area contributed by atoms with Crippen LogP contribution in [0.25, 0.3) is 0 Å². The summed E-state index contributed by atoms with van der Waals surface area (Å²) in [5.41, 5.74) is 9.16. The Balaban J connectivity index is 1.84. The molecule has 1 aromatic rings. The molecule has 0 amide bonds. The minimum atomic E-state index is 0.247. The zero-order valence-corrected chi connectivity index (χ0v) is 11.1. The zero-order valence-electron chi connectivity index (χ0n) is 11.1. The molecule has 0 spiro atoms. The Labute approximate surface area is 110 Å². The van der Waals surface area contributed by atoms with Crippen molar-refractivity contribution in [3.05, 3.63) is 41.7 Å². The maximum atomic E-state index is 6.33. The Morgan fingerprint density at radius 2 is 1.89 bits per heavy atom. The van der Waals surface area contributed by atoms with E-state index in [2.05, 4.69) is 23.2 Å². The van der Waals surface area contributed by atoms with E-state index in [1.807, 2.05) is 12.4 Å². The summed E-state index contributed by atoms with van der Waals surface area (Å²) < 4.78 is 0. The topological polar surface area (TPSA) is 38.9 Å². The summed E-state index contributed by atoms with van der Waals surface area (Å²) in [4.78, 5) is 4.04. The first kappa shape index (κ1) is 13.3. The van der Waals surface area contributed by atoms with Crippen LogP contribution in [0.1, 0.15) is 50.5 Å². The Hall–Kier alpha value is -1.15. The van der Waals surface area contributed by atoms with Gasteiger partial charge in [-0.3, -0.25) is 4.98 Å². The first-order valence-corrected chi connectivity index (χ1v) is 7.19. The molecular formula is C16H24N2. The molecule has 98 valence electrons. The van der Waals surface area contributed by atoms with E-state index >= 15 is 0 Å². The van der Waals surface area contributed by atoms with Crippen LogP contribution < -0.4 is 5.73 Å². The smallest absolute Gasteiger partial charge is 0.0270 e. The van der Waals surface area contributed by atoms with Crippen LogP contribution >= 0.6 is 0 Å². The normalized spacial score (nSPS) is 21.5. The largest absolute Gasteiger partial charge is 0.324 e. The Bertz CT molecular complexity index is 370. The lowest BCUT2D eigenvalue weighted by molar-refractivity contribution is 0.581. The monoisotopic (exact) mass is 244 g/mol. The molecule has 1 atom stereocenters. The summed E-state index contributed by atoms with van der Waals surface area (Å²) in [6.07, 6.45) is 16.1. The van der Waals surface area contributed by atoms with Gasteiger partial charge in [0.1, 0.15) is 0 Å². The van der Waals surface area contributed by atoms with E-state index < -0.39 is 0 Å². The second-order valence-electron chi connectivity index (χ2n) is 5.23. The third-order valence-electron chi connectivity index (χ3n) is 3.80. The van der Waals surface area contributed by atoms with Crippen molar-refractivity contribution in [3.8, 4) is 0 Å². The maximum Gasteiger partial charge on any atom is 0.0270 e. The lowest BCUT2D eigenvalue weighted by Gasteiger charge is -2.18. The van der Waals surface area contributed by atoms with Gasteiger partial charge < -0.3 is 5.73 Å². The van der Waals surface area contributed by atoms with Crippen LogP contribution in [0.2, 0.25) is 0 Å². The van der Waals surface area contributed by atoms with Crippen LogP contribution in [0, 0.1) is 0 Å². The van der Waals surface area contributed by atoms with E-state index in [1.54, 1.807) is 0 Å². The van der Waals surface area contributed by atoms with Crippen molar-refractivity contribution in [3.63, 3.8) is 0 Å². The van der Waals surface area contributed by atoms with E-state index in [0.29, 0.717) is 0 Å². The molecule has 0 radical (unpaired) electrons. The number of nitrogens with zero attached hydrogens (tertiary/aromatic N) is 1. The number of allylic oxidation sites excluding steroid dienone is 1. The molecule has 0 fully saturated rings. The summed E-state index contributed by atoms with van der Waals surface area (Å²) >= 11 is 0. The van der Waals surface area contributed by atoms with Crippen molar-refractivity contribution < 1.29 is 0 Å². The average molecular weight is 244 g/mol. The Morgan fingerprint density at radius 3 is 2.72 bits per heavy atom. The molecule has 0 saturated heterocycles. The van der Waals surface area contributed by atoms with Crippen LogP contribution in [0.3, 0.4) is 0 Å². The molecule has 18 heavy (non-hydrogen) atoms. The predicted molar refractivity (Wildman–Crippen MR) is 76.3 cm³/mol. The van der Waals surface area contributed by atoms with Gasteiger partial charge in [-0.15, -0.1) is 0 Å². The van der Waals surface area contributed by atoms with Crippen molar-refractivity contribution >= 4 is 0 Å². The molecule has 1 aliphatic rings. The third-order valence-corrected chi connectivity index (χ3v) is 3.80. The van der Waals surface area contributed by atoms with Gasteiger partial charge in [0.15, 0.2) is 0 Å². The summed E-state index contributed by atoms with van der Waals surface area (Å²) in [5, 5.41) is 0. The van der Waals surface area contributed by atoms with Gasteiger partial charge in [0.2, 0.25) is 0 Å². The molecule has 0 saturated carbocycles. The van der Waals surface area contributed by atoms with Gasteiger partial charge >= 0.3 is 0 Å². The van der Waals surface area contributed by atoms with E-state index in [1.165, 1.54) is 49.7 Å². The molecule has 1 aromatic heterocycles. The number of hydrogen-bond donors (Lipinski definition) is 1. The van der Waals surface area contributed by atoms with E-state index in [9.17, 15) is 0 Å². The van der Waals surface area contributed by atoms with Gasteiger partial charge in [-0.25, -0.2) is 0 Å². The highest BCUT2D eigenvalue weighted by Gasteiger charge is 2.10. The molecule has 1 unspecified atom stereocenters.